The predicted molar refractivity (Wildman–Crippen MR) is 181 cm³/mol. The Labute approximate surface area is 291 Å². The molecule has 1 aliphatic carbocycles. The van der Waals surface area contributed by atoms with Crippen molar-refractivity contribution in [1.82, 2.24) is 35.7 Å². The number of tetrazole rings is 1. The van der Waals surface area contributed by atoms with Crippen molar-refractivity contribution in [3.8, 4) is 6.07 Å². The monoisotopic (exact) mass is 680 g/mol. The Morgan fingerprint density at radius 3 is 2.34 bits per heavy atom. The number of carbonyl (C=O) groups is 3. The number of rotatable bonds is 9. The molecule has 50 heavy (non-hydrogen) atoms. The molecule has 2 aromatic carbocycles. The summed E-state index contributed by atoms with van der Waals surface area (Å²) in [6.45, 7) is 6.02. The number of aromatic amines is 1. The quantitative estimate of drug-likeness (QED) is 0.321. The van der Waals surface area contributed by atoms with Gasteiger partial charge in [-0.2, -0.15) is 10.5 Å². The summed E-state index contributed by atoms with van der Waals surface area (Å²) in [5.41, 5.74) is 4.32. The van der Waals surface area contributed by atoms with Gasteiger partial charge in [-0.25, -0.2) is 0 Å². The van der Waals surface area contributed by atoms with Gasteiger partial charge in [0.1, 0.15) is 6.04 Å². The van der Waals surface area contributed by atoms with Crippen LogP contribution in [-0.4, -0.2) is 113 Å². The molecule has 2 N–H and O–H groups in total. The van der Waals surface area contributed by atoms with E-state index in [2.05, 4.69) is 32.0 Å². The number of Topliss-reactive ketones (excluding diaryl/α,β-unsaturated/α-hetero) is 1. The van der Waals surface area contributed by atoms with E-state index in [1.807, 2.05) is 48.2 Å². The Morgan fingerprint density at radius 1 is 0.980 bits per heavy atom. The topological polar surface area (TPSA) is 166 Å². The van der Waals surface area contributed by atoms with E-state index in [-0.39, 0.29) is 36.1 Å². The number of benzene rings is 2. The lowest BCUT2D eigenvalue weighted by Gasteiger charge is -2.36. The summed E-state index contributed by atoms with van der Waals surface area (Å²) in [5, 5.41) is 28.8. The maximum absolute atomic E-state index is 13.7. The van der Waals surface area contributed by atoms with Crippen molar-refractivity contribution >= 4 is 17.6 Å². The van der Waals surface area contributed by atoms with E-state index in [0.717, 1.165) is 28.7 Å². The molecule has 2 amide bonds. The minimum absolute atomic E-state index is 0.0292. The first-order valence-corrected chi connectivity index (χ1v) is 17.8. The molecule has 4 aliphatic rings. The first-order chi connectivity index (χ1) is 24.4. The molecule has 0 radical (unpaired) electrons. The van der Waals surface area contributed by atoms with Crippen molar-refractivity contribution < 1.29 is 23.9 Å². The van der Waals surface area contributed by atoms with E-state index in [1.54, 1.807) is 4.90 Å². The van der Waals surface area contributed by atoms with Crippen LogP contribution in [0.15, 0.2) is 36.4 Å². The number of amides is 2. The molecule has 13 heteroatoms. The number of aryl methyl sites for hydroxylation is 2. The molecule has 3 saturated heterocycles. The molecule has 7 rings (SSSR count). The largest absolute Gasteiger partial charge is 0.381 e. The molecule has 0 saturated carbocycles. The summed E-state index contributed by atoms with van der Waals surface area (Å²) in [5.74, 6) is 0.407. The number of fused-ring (bicyclic) bond motifs is 2. The van der Waals surface area contributed by atoms with Crippen LogP contribution >= 0.6 is 0 Å². The highest BCUT2D eigenvalue weighted by molar-refractivity contribution is 5.98. The number of aromatic nitrogens is 4. The van der Waals surface area contributed by atoms with Gasteiger partial charge in [0.15, 0.2) is 11.6 Å². The highest BCUT2D eigenvalue weighted by atomic mass is 16.5. The number of ketones is 1. The maximum Gasteiger partial charge on any atom is 0.254 e. The zero-order chi connectivity index (χ0) is 34.7. The molecular formula is C37H44N8O5. The van der Waals surface area contributed by atoms with Gasteiger partial charge in [-0.1, -0.05) is 23.4 Å². The third-order valence-electron chi connectivity index (χ3n) is 10.9. The fraction of sp³-hybridized carbons (Fsp3) is 0.541. The van der Waals surface area contributed by atoms with Crippen molar-refractivity contribution in [2.75, 3.05) is 52.6 Å². The Bertz CT molecular complexity index is 1680. The lowest BCUT2D eigenvalue weighted by Crippen LogP contribution is -2.45. The van der Waals surface area contributed by atoms with Gasteiger partial charge in [-0.15, -0.1) is 10.2 Å². The Kier molecular flexibility index (Phi) is 10.0. The van der Waals surface area contributed by atoms with Crippen LogP contribution in [0.4, 0.5) is 0 Å². The average Bonchev–Trinajstić information content (AvgIpc) is 3.87. The van der Waals surface area contributed by atoms with Gasteiger partial charge >= 0.3 is 0 Å². The maximum atomic E-state index is 13.7. The van der Waals surface area contributed by atoms with Crippen LogP contribution in [0.2, 0.25) is 0 Å². The van der Waals surface area contributed by atoms with Gasteiger partial charge < -0.3 is 24.6 Å². The molecule has 0 bridgehead atoms. The lowest BCUT2D eigenvalue weighted by molar-refractivity contribution is -0.130. The van der Waals surface area contributed by atoms with Gasteiger partial charge in [0.2, 0.25) is 5.91 Å². The number of carbonyl (C=O) groups excluding carboxylic acids is 3. The molecule has 3 aromatic rings. The number of hydrogen-bond donors (Lipinski definition) is 2. The minimum Gasteiger partial charge on any atom is -0.381 e. The number of hydrogen-bond acceptors (Lipinski definition) is 10. The second kappa shape index (κ2) is 14.8. The van der Waals surface area contributed by atoms with Gasteiger partial charge in [0.25, 0.3) is 5.91 Å². The second-order valence-electron chi connectivity index (χ2n) is 13.9. The van der Waals surface area contributed by atoms with Crippen LogP contribution in [0.25, 0.3) is 0 Å². The molecule has 13 nitrogen and oxygen atoms in total. The number of nitriles is 1. The van der Waals surface area contributed by atoms with Crippen LogP contribution in [0.5, 0.6) is 0 Å². The third kappa shape index (κ3) is 6.55. The van der Waals surface area contributed by atoms with Crippen LogP contribution in [-0.2, 0) is 32.5 Å². The van der Waals surface area contributed by atoms with Gasteiger partial charge in [-0.05, 0) is 92.3 Å². The predicted octanol–water partition coefficient (Wildman–Crippen LogP) is 2.60. The SMILES string of the molecule is C[C@@H](CC1(c2nn[nH]n2)c2ccc(C(=O)C3CCOCC3)cc2CCc2cc(C(=O)N3CCOCC3)ccc21)NCC(=O)N1CCC[C@H]1C#N. The fourth-order valence-corrected chi connectivity index (χ4v) is 8.27. The third-order valence-corrected chi connectivity index (χ3v) is 10.9. The van der Waals surface area contributed by atoms with E-state index >= 15 is 0 Å². The first-order valence-electron chi connectivity index (χ1n) is 17.8. The molecule has 0 spiro atoms. The number of morpholine rings is 1. The van der Waals surface area contributed by atoms with Crippen molar-refractivity contribution in [1.29, 1.82) is 5.26 Å². The van der Waals surface area contributed by atoms with E-state index < -0.39 is 11.5 Å². The van der Waals surface area contributed by atoms with Crippen molar-refractivity contribution in [2.24, 2.45) is 5.92 Å². The molecule has 1 unspecified atom stereocenters. The van der Waals surface area contributed by atoms with Crippen LogP contribution < -0.4 is 5.32 Å². The molecule has 262 valence electrons. The van der Waals surface area contributed by atoms with Crippen molar-refractivity contribution in [3.05, 3.63) is 75.6 Å². The zero-order valence-corrected chi connectivity index (χ0v) is 28.5. The smallest absolute Gasteiger partial charge is 0.254 e. The molecular weight excluding hydrogens is 636 g/mol. The Hall–Kier alpha value is -4.51. The standard InChI is InChI=1S/C37H44N8O5/c1-24(39-23-33(46)45-12-2-3-30(45)22-38)21-37(36-40-42-43-41-36)31-8-6-28(34(47)25-10-15-49-16-11-25)19-26(31)4-5-27-20-29(7-9-32(27)37)35(48)44-13-17-50-18-14-44/h6-9,19-20,24-25,30,39H,2-5,10-18,21,23H2,1H3,(H,40,41,42,43)/t24-,30-,37?/m0/s1. The lowest BCUT2D eigenvalue weighted by atomic mass is 9.67. The average molecular weight is 681 g/mol. The number of H-pyrrole nitrogens is 1. The van der Waals surface area contributed by atoms with Gasteiger partial charge in [0.05, 0.1) is 31.2 Å². The summed E-state index contributed by atoms with van der Waals surface area (Å²) < 4.78 is 11.0. The van der Waals surface area contributed by atoms with E-state index in [9.17, 15) is 19.6 Å². The highest BCUT2D eigenvalue weighted by Gasteiger charge is 2.46. The summed E-state index contributed by atoms with van der Waals surface area (Å²) in [6, 6.07) is 13.6. The van der Waals surface area contributed by atoms with Gasteiger partial charge in [0, 0.05) is 55.9 Å². The Balaban J connectivity index is 1.28. The molecule has 3 atom stereocenters. The Morgan fingerprint density at radius 2 is 1.66 bits per heavy atom. The summed E-state index contributed by atoms with van der Waals surface area (Å²) in [6.07, 6.45) is 4.70. The molecule has 3 fully saturated rings. The van der Waals surface area contributed by atoms with E-state index in [4.69, 9.17) is 9.47 Å². The first kappa shape index (κ1) is 34.0. The number of ether oxygens (including phenoxy) is 2. The van der Waals surface area contributed by atoms with E-state index in [1.165, 1.54) is 0 Å². The fourth-order valence-electron chi connectivity index (χ4n) is 8.27. The van der Waals surface area contributed by atoms with Crippen LogP contribution in [0.1, 0.15) is 87.8 Å². The van der Waals surface area contributed by atoms with Crippen LogP contribution in [0.3, 0.4) is 0 Å². The molecule has 4 heterocycles. The van der Waals surface area contributed by atoms with E-state index in [0.29, 0.717) is 102 Å². The zero-order valence-electron chi connectivity index (χ0n) is 28.5. The number of likely N-dealkylation sites (tertiary alicyclic amines) is 1. The molecule has 3 aliphatic heterocycles. The minimum atomic E-state index is -0.923. The summed E-state index contributed by atoms with van der Waals surface area (Å²) in [4.78, 5) is 44.1. The number of nitrogens with zero attached hydrogens (tertiary/aromatic N) is 6. The van der Waals surface area contributed by atoms with Crippen molar-refractivity contribution in [3.63, 3.8) is 0 Å². The van der Waals surface area contributed by atoms with Gasteiger partial charge in [-0.3, -0.25) is 14.4 Å². The molecule has 1 aromatic heterocycles. The van der Waals surface area contributed by atoms with Crippen molar-refractivity contribution in [2.45, 2.75) is 69.4 Å². The highest BCUT2D eigenvalue weighted by Crippen LogP contribution is 2.47. The second-order valence-corrected chi connectivity index (χ2v) is 13.9. The van der Waals surface area contributed by atoms with Crippen LogP contribution in [0, 0.1) is 17.2 Å². The normalized spacial score (nSPS) is 23.0. The number of nitrogens with one attached hydrogen (secondary N) is 2. The summed E-state index contributed by atoms with van der Waals surface area (Å²) in [7, 11) is 0. The summed E-state index contributed by atoms with van der Waals surface area (Å²) >= 11 is 0.